The van der Waals surface area contributed by atoms with E-state index in [-0.39, 0.29) is 6.04 Å². The topological polar surface area (TPSA) is 38.9 Å². The Morgan fingerprint density at radius 3 is 3.00 bits per heavy atom. The van der Waals surface area contributed by atoms with Crippen LogP contribution >= 0.6 is 22.9 Å². The molecule has 0 saturated carbocycles. The monoisotopic (exact) mass is 278 g/mol. The summed E-state index contributed by atoms with van der Waals surface area (Å²) in [5.74, 6) is 0. The summed E-state index contributed by atoms with van der Waals surface area (Å²) in [4.78, 5) is 6.10. The molecule has 0 saturated heterocycles. The van der Waals surface area contributed by atoms with Crippen molar-refractivity contribution in [1.29, 1.82) is 0 Å². The molecule has 18 heavy (non-hydrogen) atoms. The first-order valence-electron chi connectivity index (χ1n) is 6.17. The molecule has 1 aliphatic rings. The van der Waals surface area contributed by atoms with Crippen molar-refractivity contribution in [3.63, 3.8) is 0 Å². The predicted octanol–water partition coefficient (Wildman–Crippen LogP) is 4.11. The van der Waals surface area contributed by atoms with E-state index in [1.165, 1.54) is 22.4 Å². The molecule has 0 spiro atoms. The summed E-state index contributed by atoms with van der Waals surface area (Å²) in [5, 5.41) is 1.85. The summed E-state index contributed by atoms with van der Waals surface area (Å²) in [6, 6.07) is 6.07. The molecule has 1 heterocycles. The number of aryl methyl sites for hydroxylation is 2. The van der Waals surface area contributed by atoms with Crippen LogP contribution < -0.4 is 5.73 Å². The molecule has 0 bridgehead atoms. The fraction of sp³-hybridized carbons (Fsp3) is 0.357. The van der Waals surface area contributed by atoms with Gasteiger partial charge < -0.3 is 5.73 Å². The third kappa shape index (κ3) is 2.07. The van der Waals surface area contributed by atoms with Gasteiger partial charge >= 0.3 is 0 Å². The summed E-state index contributed by atoms with van der Waals surface area (Å²) in [6.07, 6.45) is 3.35. The van der Waals surface area contributed by atoms with Crippen LogP contribution in [0.15, 0.2) is 18.2 Å². The van der Waals surface area contributed by atoms with E-state index >= 15 is 0 Å². The van der Waals surface area contributed by atoms with Crippen LogP contribution in [0.1, 0.15) is 35.0 Å². The van der Waals surface area contributed by atoms with Gasteiger partial charge in [0.05, 0.1) is 5.69 Å². The number of thiazole rings is 1. The normalized spacial score (nSPS) is 18.7. The second kappa shape index (κ2) is 4.65. The van der Waals surface area contributed by atoms with E-state index < -0.39 is 0 Å². The van der Waals surface area contributed by atoms with Crippen molar-refractivity contribution in [3.8, 4) is 10.6 Å². The first kappa shape index (κ1) is 12.2. The van der Waals surface area contributed by atoms with Gasteiger partial charge in [0.25, 0.3) is 0 Å². The predicted molar refractivity (Wildman–Crippen MR) is 77.2 cm³/mol. The first-order chi connectivity index (χ1) is 8.65. The summed E-state index contributed by atoms with van der Waals surface area (Å²) in [7, 11) is 0. The maximum absolute atomic E-state index is 6.12. The highest BCUT2D eigenvalue weighted by Crippen LogP contribution is 2.37. The third-order valence-electron chi connectivity index (χ3n) is 3.42. The minimum Gasteiger partial charge on any atom is -0.323 e. The molecule has 1 atom stereocenters. The first-order valence-corrected chi connectivity index (χ1v) is 7.36. The van der Waals surface area contributed by atoms with Crippen molar-refractivity contribution >= 4 is 22.9 Å². The Bertz CT molecular complexity index is 591. The maximum Gasteiger partial charge on any atom is 0.124 e. The molecule has 1 aliphatic carbocycles. The molecule has 1 unspecified atom stereocenters. The number of aromatic nitrogens is 1. The minimum absolute atomic E-state index is 0.117. The van der Waals surface area contributed by atoms with Gasteiger partial charge in [0.1, 0.15) is 5.01 Å². The largest absolute Gasteiger partial charge is 0.323 e. The Balaban J connectivity index is 2.07. The molecular weight excluding hydrogens is 264 g/mol. The van der Waals surface area contributed by atoms with Crippen molar-refractivity contribution in [2.45, 2.75) is 32.2 Å². The third-order valence-corrected chi connectivity index (χ3v) is 4.82. The quantitative estimate of drug-likeness (QED) is 0.853. The standard InChI is InChI=1S/C14H15ClN2S/c1-8-7-9(15)5-6-10(8)14-17-13-11(16)3-2-4-12(13)18-14/h5-7,11H,2-4,16H2,1H3. The Kier molecular flexibility index (Phi) is 3.14. The fourth-order valence-electron chi connectivity index (χ4n) is 2.43. The smallest absolute Gasteiger partial charge is 0.124 e. The van der Waals surface area contributed by atoms with E-state index in [1.807, 2.05) is 18.2 Å². The summed E-state index contributed by atoms with van der Waals surface area (Å²) in [6.45, 7) is 2.07. The number of hydrogen-bond donors (Lipinski definition) is 1. The molecule has 0 radical (unpaired) electrons. The van der Waals surface area contributed by atoms with E-state index in [0.717, 1.165) is 28.6 Å². The SMILES string of the molecule is Cc1cc(Cl)ccc1-c1nc2c(s1)CCCC2N. The van der Waals surface area contributed by atoms with E-state index in [4.69, 9.17) is 22.3 Å². The van der Waals surface area contributed by atoms with Crippen molar-refractivity contribution in [2.75, 3.05) is 0 Å². The lowest BCUT2D eigenvalue weighted by molar-refractivity contribution is 0.564. The van der Waals surface area contributed by atoms with E-state index in [1.54, 1.807) is 11.3 Å². The van der Waals surface area contributed by atoms with Crippen molar-refractivity contribution in [3.05, 3.63) is 39.4 Å². The van der Waals surface area contributed by atoms with Gasteiger partial charge in [-0.05, 0) is 43.9 Å². The van der Waals surface area contributed by atoms with Gasteiger partial charge in [-0.15, -0.1) is 11.3 Å². The molecule has 2 aromatic rings. The highest BCUT2D eigenvalue weighted by Gasteiger charge is 2.22. The van der Waals surface area contributed by atoms with Gasteiger partial charge in [-0.1, -0.05) is 17.7 Å². The van der Waals surface area contributed by atoms with Crippen molar-refractivity contribution in [2.24, 2.45) is 5.73 Å². The van der Waals surface area contributed by atoms with Crippen LogP contribution in [-0.4, -0.2) is 4.98 Å². The van der Waals surface area contributed by atoms with Gasteiger partial charge in [-0.2, -0.15) is 0 Å². The lowest BCUT2D eigenvalue weighted by Gasteiger charge is -2.15. The van der Waals surface area contributed by atoms with Crippen LogP contribution in [0.3, 0.4) is 0 Å². The molecule has 1 aromatic carbocycles. The van der Waals surface area contributed by atoms with Crippen LogP contribution in [0.25, 0.3) is 10.6 Å². The number of fused-ring (bicyclic) bond motifs is 1. The minimum atomic E-state index is 0.117. The number of nitrogens with zero attached hydrogens (tertiary/aromatic N) is 1. The zero-order chi connectivity index (χ0) is 12.7. The Morgan fingerprint density at radius 1 is 1.44 bits per heavy atom. The zero-order valence-corrected chi connectivity index (χ0v) is 11.8. The van der Waals surface area contributed by atoms with Crippen molar-refractivity contribution in [1.82, 2.24) is 4.98 Å². The van der Waals surface area contributed by atoms with Gasteiger partial charge in [-0.3, -0.25) is 0 Å². The van der Waals surface area contributed by atoms with Crippen LogP contribution in [0.5, 0.6) is 0 Å². The van der Waals surface area contributed by atoms with Gasteiger partial charge in [0, 0.05) is 21.5 Å². The number of hydrogen-bond acceptors (Lipinski definition) is 3. The summed E-state index contributed by atoms with van der Waals surface area (Å²) < 4.78 is 0. The number of nitrogens with two attached hydrogens (primary N) is 1. The second-order valence-corrected chi connectivity index (χ2v) is 6.31. The zero-order valence-electron chi connectivity index (χ0n) is 10.2. The Morgan fingerprint density at radius 2 is 2.28 bits per heavy atom. The fourth-order valence-corrected chi connectivity index (χ4v) is 3.92. The number of benzene rings is 1. The average Bonchev–Trinajstić information content (AvgIpc) is 2.74. The lowest BCUT2D eigenvalue weighted by Crippen LogP contribution is -2.16. The van der Waals surface area contributed by atoms with Gasteiger partial charge in [-0.25, -0.2) is 4.98 Å². The van der Waals surface area contributed by atoms with Crippen molar-refractivity contribution < 1.29 is 0 Å². The Hall–Kier alpha value is -0.900. The van der Waals surface area contributed by atoms with Crippen LogP contribution in [-0.2, 0) is 6.42 Å². The van der Waals surface area contributed by atoms with Crippen LogP contribution in [0.2, 0.25) is 5.02 Å². The second-order valence-electron chi connectivity index (χ2n) is 4.79. The number of halogens is 1. The molecule has 0 fully saturated rings. The van der Waals surface area contributed by atoms with E-state index in [9.17, 15) is 0 Å². The molecule has 0 amide bonds. The maximum atomic E-state index is 6.12. The molecular formula is C14H15ClN2S. The summed E-state index contributed by atoms with van der Waals surface area (Å²) >= 11 is 7.77. The molecule has 2 nitrogen and oxygen atoms in total. The molecule has 0 aliphatic heterocycles. The Labute approximate surface area is 116 Å². The lowest BCUT2D eigenvalue weighted by atomic mass is 9.98. The molecule has 4 heteroatoms. The van der Waals surface area contributed by atoms with Crippen LogP contribution in [0, 0.1) is 6.92 Å². The van der Waals surface area contributed by atoms with E-state index in [0.29, 0.717) is 0 Å². The molecule has 1 aromatic heterocycles. The van der Waals surface area contributed by atoms with E-state index in [2.05, 4.69) is 6.92 Å². The molecule has 94 valence electrons. The number of rotatable bonds is 1. The summed E-state index contributed by atoms with van der Waals surface area (Å²) in [5.41, 5.74) is 9.57. The molecule has 2 N–H and O–H groups in total. The van der Waals surface area contributed by atoms with Crippen LogP contribution in [0.4, 0.5) is 0 Å². The highest BCUT2D eigenvalue weighted by molar-refractivity contribution is 7.15. The molecule has 3 rings (SSSR count). The highest BCUT2D eigenvalue weighted by atomic mass is 35.5. The van der Waals surface area contributed by atoms with Gasteiger partial charge in [0.15, 0.2) is 0 Å². The van der Waals surface area contributed by atoms with Gasteiger partial charge in [0.2, 0.25) is 0 Å². The average molecular weight is 279 g/mol.